The summed E-state index contributed by atoms with van der Waals surface area (Å²) in [6, 6.07) is 17.8. The monoisotopic (exact) mass is 590 g/mol. The maximum Gasteiger partial charge on any atom is 0.0423 e. The highest BCUT2D eigenvalue weighted by Crippen LogP contribution is 2.42. The van der Waals surface area contributed by atoms with Gasteiger partial charge >= 0.3 is 0 Å². The third kappa shape index (κ3) is 9.58. The smallest absolute Gasteiger partial charge is 0.0423 e. The Morgan fingerprint density at radius 2 is 1.64 bits per heavy atom. The van der Waals surface area contributed by atoms with E-state index in [1.165, 1.54) is 38.2 Å². The minimum atomic E-state index is 0.370. The SMILES string of the molecule is C=CC/C=C\C(=C/C/C=C\CC/N=C\C=C(/C=C)C/C=C\N=C/CC)c1c2ccccc2c(C2C=CC=CC2)c2ccccc12. The Morgan fingerprint density at radius 3 is 2.31 bits per heavy atom. The zero-order valence-corrected chi connectivity index (χ0v) is 26.7. The van der Waals surface area contributed by atoms with Crippen molar-refractivity contribution in [2.75, 3.05) is 6.54 Å². The lowest BCUT2D eigenvalue weighted by molar-refractivity contribution is 0.869. The Labute approximate surface area is 270 Å². The molecule has 2 heteroatoms. The van der Waals surface area contributed by atoms with Gasteiger partial charge in [-0.1, -0.05) is 135 Å². The zero-order chi connectivity index (χ0) is 31.5. The molecule has 0 spiro atoms. The molecule has 0 aliphatic heterocycles. The highest BCUT2D eigenvalue weighted by Gasteiger charge is 2.20. The molecular formula is C43H46N2. The summed E-state index contributed by atoms with van der Waals surface area (Å²) in [5, 5.41) is 5.28. The van der Waals surface area contributed by atoms with E-state index in [0.717, 1.165) is 50.6 Å². The second kappa shape index (κ2) is 18.8. The number of hydrogen-bond acceptors (Lipinski definition) is 2. The highest BCUT2D eigenvalue weighted by molar-refractivity contribution is 6.13. The van der Waals surface area contributed by atoms with E-state index in [1.54, 1.807) is 0 Å². The Morgan fingerprint density at radius 1 is 0.889 bits per heavy atom. The van der Waals surface area contributed by atoms with Crippen molar-refractivity contribution in [2.24, 2.45) is 9.98 Å². The van der Waals surface area contributed by atoms with E-state index in [9.17, 15) is 0 Å². The number of nitrogens with zero attached hydrogens (tertiary/aromatic N) is 2. The van der Waals surface area contributed by atoms with Crippen LogP contribution in [0, 0.1) is 0 Å². The molecule has 0 saturated heterocycles. The van der Waals surface area contributed by atoms with E-state index in [-0.39, 0.29) is 0 Å². The van der Waals surface area contributed by atoms with Crippen molar-refractivity contribution in [3.05, 3.63) is 164 Å². The van der Waals surface area contributed by atoms with Gasteiger partial charge in [-0.25, -0.2) is 0 Å². The minimum Gasteiger partial charge on any atom is -0.293 e. The molecule has 0 heterocycles. The second-order valence-corrected chi connectivity index (χ2v) is 10.9. The van der Waals surface area contributed by atoms with Gasteiger partial charge in [-0.15, -0.1) is 6.58 Å². The lowest BCUT2D eigenvalue weighted by atomic mass is 9.81. The standard InChI is InChI=1S/C43H46N2/c1-4-7-11-22-36(23-12-8-9-19-32-45-34-30-35(6-3)21-20-33-44-31-5-2)42-38-26-15-17-28-40(38)43(37-24-13-10-14-25-37)41-29-18-16-27-39(41)42/h4,6,8-11,13-18,20,22-24,26-31,33-34,37H,1,3,5,7,12,19,21,25,32H2,2H3/b9-8-,22-11-,33-20-,35-30+,36-23+,44-31-,45-34-. The quantitative estimate of drug-likeness (QED) is 0.0521. The molecule has 45 heavy (non-hydrogen) atoms. The van der Waals surface area contributed by atoms with E-state index >= 15 is 0 Å². The minimum absolute atomic E-state index is 0.370. The molecule has 0 amide bonds. The first-order chi connectivity index (χ1) is 22.3. The number of hydrogen-bond donors (Lipinski definition) is 0. The fourth-order valence-electron chi connectivity index (χ4n) is 5.63. The van der Waals surface area contributed by atoms with Gasteiger partial charge < -0.3 is 0 Å². The predicted octanol–water partition coefficient (Wildman–Crippen LogP) is 12.0. The molecule has 0 saturated carbocycles. The lowest BCUT2D eigenvalue weighted by Crippen LogP contribution is -2.01. The van der Waals surface area contributed by atoms with Crippen LogP contribution in [-0.2, 0) is 0 Å². The fourth-order valence-corrected chi connectivity index (χ4v) is 5.63. The number of benzene rings is 3. The maximum absolute atomic E-state index is 4.56. The molecule has 0 radical (unpaired) electrons. The van der Waals surface area contributed by atoms with Gasteiger partial charge in [0.2, 0.25) is 0 Å². The van der Waals surface area contributed by atoms with E-state index in [4.69, 9.17) is 0 Å². The van der Waals surface area contributed by atoms with E-state index in [0.29, 0.717) is 5.92 Å². The Kier molecular flexibility index (Phi) is 13.8. The molecule has 3 aromatic rings. The molecular weight excluding hydrogens is 544 g/mol. The third-order valence-corrected chi connectivity index (χ3v) is 7.77. The normalized spacial score (nSPS) is 16.2. The second-order valence-electron chi connectivity index (χ2n) is 10.9. The van der Waals surface area contributed by atoms with Crippen molar-refractivity contribution in [1.82, 2.24) is 0 Å². The zero-order valence-electron chi connectivity index (χ0n) is 26.7. The van der Waals surface area contributed by atoms with Gasteiger partial charge in [-0.05, 0) is 88.4 Å². The molecule has 0 N–H and O–H groups in total. The van der Waals surface area contributed by atoms with Crippen LogP contribution in [0.3, 0.4) is 0 Å². The summed E-state index contributed by atoms with van der Waals surface area (Å²) in [5.74, 6) is 0.370. The Bertz CT molecular complexity index is 1660. The molecule has 4 rings (SSSR count). The molecule has 1 unspecified atom stereocenters. The van der Waals surface area contributed by atoms with Crippen molar-refractivity contribution in [2.45, 2.75) is 51.4 Å². The molecule has 3 aromatic carbocycles. The maximum atomic E-state index is 4.56. The van der Waals surface area contributed by atoms with Gasteiger partial charge in [0, 0.05) is 31.1 Å². The number of aliphatic imine (C=N–C) groups is 2. The van der Waals surface area contributed by atoms with Crippen LogP contribution in [0.25, 0.3) is 27.1 Å². The number of rotatable bonds is 16. The van der Waals surface area contributed by atoms with Crippen LogP contribution in [0.2, 0.25) is 0 Å². The van der Waals surface area contributed by atoms with E-state index in [2.05, 4.69) is 133 Å². The summed E-state index contributed by atoms with van der Waals surface area (Å²) in [5.41, 5.74) is 5.09. The summed E-state index contributed by atoms with van der Waals surface area (Å²) < 4.78 is 0. The van der Waals surface area contributed by atoms with Crippen molar-refractivity contribution in [3.8, 4) is 0 Å². The predicted molar refractivity (Wildman–Crippen MR) is 202 cm³/mol. The van der Waals surface area contributed by atoms with Crippen molar-refractivity contribution in [3.63, 3.8) is 0 Å². The van der Waals surface area contributed by atoms with Crippen LogP contribution in [-0.4, -0.2) is 19.0 Å². The van der Waals surface area contributed by atoms with Crippen LogP contribution in [0.15, 0.2) is 162 Å². The van der Waals surface area contributed by atoms with Crippen molar-refractivity contribution in [1.29, 1.82) is 0 Å². The lowest BCUT2D eigenvalue weighted by Gasteiger charge is -2.22. The molecule has 1 atom stereocenters. The largest absolute Gasteiger partial charge is 0.293 e. The van der Waals surface area contributed by atoms with Crippen LogP contribution in [0.1, 0.15) is 62.5 Å². The Hall–Kier alpha value is -4.82. The summed E-state index contributed by atoms with van der Waals surface area (Å²) in [6.45, 7) is 10.7. The average Bonchev–Trinajstić information content (AvgIpc) is 3.08. The summed E-state index contributed by atoms with van der Waals surface area (Å²) in [4.78, 5) is 8.77. The van der Waals surface area contributed by atoms with Gasteiger partial charge in [0.15, 0.2) is 0 Å². The highest BCUT2D eigenvalue weighted by atomic mass is 14.7. The summed E-state index contributed by atoms with van der Waals surface area (Å²) in [6.07, 6.45) is 39.1. The van der Waals surface area contributed by atoms with Crippen LogP contribution >= 0.6 is 0 Å². The van der Waals surface area contributed by atoms with Gasteiger partial charge in [-0.3, -0.25) is 9.98 Å². The van der Waals surface area contributed by atoms with Gasteiger partial charge in [0.1, 0.15) is 0 Å². The third-order valence-electron chi connectivity index (χ3n) is 7.77. The first-order valence-corrected chi connectivity index (χ1v) is 16.2. The van der Waals surface area contributed by atoms with Crippen LogP contribution in [0.5, 0.6) is 0 Å². The summed E-state index contributed by atoms with van der Waals surface area (Å²) >= 11 is 0. The molecule has 2 nitrogen and oxygen atoms in total. The molecule has 228 valence electrons. The van der Waals surface area contributed by atoms with Crippen LogP contribution in [0.4, 0.5) is 0 Å². The van der Waals surface area contributed by atoms with Crippen LogP contribution < -0.4 is 0 Å². The molecule has 1 aliphatic carbocycles. The topological polar surface area (TPSA) is 24.7 Å². The average molecular weight is 591 g/mol. The number of allylic oxidation sites excluding steroid dienone is 14. The fraction of sp³-hybridized carbons (Fsp3) is 0.209. The molecule has 0 aromatic heterocycles. The van der Waals surface area contributed by atoms with E-state index < -0.39 is 0 Å². The number of fused-ring (bicyclic) bond motifs is 2. The Balaban J connectivity index is 1.54. The van der Waals surface area contributed by atoms with Crippen molar-refractivity contribution >= 4 is 39.5 Å². The van der Waals surface area contributed by atoms with Crippen molar-refractivity contribution < 1.29 is 0 Å². The van der Waals surface area contributed by atoms with Gasteiger partial charge in [0.05, 0.1) is 0 Å². The molecule has 0 bridgehead atoms. The first-order valence-electron chi connectivity index (χ1n) is 16.2. The molecule has 0 fully saturated rings. The van der Waals surface area contributed by atoms with Gasteiger partial charge in [-0.2, -0.15) is 0 Å². The van der Waals surface area contributed by atoms with Gasteiger partial charge in [0.25, 0.3) is 0 Å². The molecule has 1 aliphatic rings. The van der Waals surface area contributed by atoms with E-state index in [1.807, 2.05) is 42.9 Å². The summed E-state index contributed by atoms with van der Waals surface area (Å²) in [7, 11) is 0. The first kappa shape index (κ1) is 33.1.